The lowest BCUT2D eigenvalue weighted by Crippen LogP contribution is -2.01. The van der Waals surface area contributed by atoms with Crippen molar-refractivity contribution < 1.29 is 9.84 Å². The number of benzene rings is 1. The van der Waals surface area contributed by atoms with Crippen molar-refractivity contribution in [3.63, 3.8) is 0 Å². The van der Waals surface area contributed by atoms with Crippen molar-refractivity contribution in [2.75, 3.05) is 0 Å². The Morgan fingerprint density at radius 3 is 2.76 bits per heavy atom. The number of aromatic nitrogens is 1. The Morgan fingerprint density at radius 2 is 2.06 bits per heavy atom. The van der Waals surface area contributed by atoms with Crippen LogP contribution < -0.4 is 4.74 Å². The lowest BCUT2D eigenvalue weighted by atomic mass is 10.1. The van der Waals surface area contributed by atoms with E-state index in [1.54, 1.807) is 6.20 Å². The number of hydrogen-bond donors (Lipinski definition) is 1. The minimum atomic E-state index is -0.0147. The Labute approximate surface area is 101 Å². The molecule has 0 aliphatic heterocycles. The molecule has 0 aliphatic carbocycles. The number of pyridine rings is 1. The van der Waals surface area contributed by atoms with E-state index in [1.807, 2.05) is 43.3 Å². The number of aliphatic hydroxyl groups excluding tert-OH is 1. The van der Waals surface area contributed by atoms with Crippen molar-refractivity contribution in [3.8, 4) is 5.75 Å². The van der Waals surface area contributed by atoms with Gasteiger partial charge in [-0.1, -0.05) is 24.3 Å². The molecule has 0 bridgehead atoms. The van der Waals surface area contributed by atoms with Crippen LogP contribution in [0.15, 0.2) is 42.6 Å². The lowest BCUT2D eigenvalue weighted by molar-refractivity contribution is 0.256. The molecule has 1 aromatic heterocycles. The summed E-state index contributed by atoms with van der Waals surface area (Å²) in [6.07, 6.45) is 1.74. The molecule has 3 heteroatoms. The summed E-state index contributed by atoms with van der Waals surface area (Å²) in [5, 5.41) is 9.24. The molecule has 1 heterocycles. The SMILES string of the molecule is Cc1cccc(CO)c1OCc1ccccn1. The van der Waals surface area contributed by atoms with Gasteiger partial charge in [0.05, 0.1) is 12.3 Å². The first-order valence-electron chi connectivity index (χ1n) is 5.53. The third kappa shape index (κ3) is 2.82. The first-order chi connectivity index (χ1) is 8.31. The quantitative estimate of drug-likeness (QED) is 0.875. The minimum absolute atomic E-state index is 0.0147. The second-order valence-electron chi connectivity index (χ2n) is 3.83. The molecular formula is C14H15NO2. The summed E-state index contributed by atoms with van der Waals surface area (Å²) in [5.41, 5.74) is 2.70. The van der Waals surface area contributed by atoms with Crippen molar-refractivity contribution in [3.05, 3.63) is 59.4 Å². The molecule has 3 nitrogen and oxygen atoms in total. The Kier molecular flexibility index (Phi) is 3.73. The van der Waals surface area contributed by atoms with Gasteiger partial charge in [-0.15, -0.1) is 0 Å². The molecule has 1 aromatic carbocycles. The van der Waals surface area contributed by atoms with E-state index in [-0.39, 0.29) is 6.61 Å². The van der Waals surface area contributed by atoms with E-state index in [0.717, 1.165) is 22.6 Å². The number of hydrogen-bond acceptors (Lipinski definition) is 3. The largest absolute Gasteiger partial charge is 0.487 e. The fourth-order valence-electron chi connectivity index (χ4n) is 1.67. The molecule has 2 aromatic rings. The third-order valence-corrected chi connectivity index (χ3v) is 2.55. The van der Waals surface area contributed by atoms with Crippen LogP contribution >= 0.6 is 0 Å². The molecule has 0 fully saturated rings. The van der Waals surface area contributed by atoms with Gasteiger partial charge in [-0.2, -0.15) is 0 Å². The third-order valence-electron chi connectivity index (χ3n) is 2.55. The molecule has 0 saturated heterocycles. The van der Waals surface area contributed by atoms with E-state index in [0.29, 0.717) is 6.61 Å². The fraction of sp³-hybridized carbons (Fsp3) is 0.214. The van der Waals surface area contributed by atoms with Gasteiger partial charge in [-0.3, -0.25) is 4.98 Å². The number of aryl methyl sites for hydroxylation is 1. The van der Waals surface area contributed by atoms with Crippen molar-refractivity contribution >= 4 is 0 Å². The maximum absolute atomic E-state index is 9.24. The van der Waals surface area contributed by atoms with Crippen LogP contribution in [0.5, 0.6) is 5.75 Å². The van der Waals surface area contributed by atoms with Crippen LogP contribution in [-0.4, -0.2) is 10.1 Å². The number of rotatable bonds is 4. The minimum Gasteiger partial charge on any atom is -0.487 e. The molecule has 0 amide bonds. The molecular weight excluding hydrogens is 214 g/mol. The number of ether oxygens (including phenoxy) is 1. The zero-order valence-electron chi connectivity index (χ0n) is 9.76. The smallest absolute Gasteiger partial charge is 0.130 e. The van der Waals surface area contributed by atoms with Crippen LogP contribution in [-0.2, 0) is 13.2 Å². The normalized spacial score (nSPS) is 10.2. The number of aliphatic hydroxyl groups is 1. The average Bonchev–Trinajstić information content (AvgIpc) is 2.38. The summed E-state index contributed by atoms with van der Waals surface area (Å²) >= 11 is 0. The fourth-order valence-corrected chi connectivity index (χ4v) is 1.67. The highest BCUT2D eigenvalue weighted by atomic mass is 16.5. The Bertz CT molecular complexity index is 483. The highest BCUT2D eigenvalue weighted by molar-refractivity contribution is 5.40. The first-order valence-corrected chi connectivity index (χ1v) is 5.53. The first kappa shape index (κ1) is 11.6. The second kappa shape index (κ2) is 5.46. The van der Waals surface area contributed by atoms with Crippen LogP contribution in [0.2, 0.25) is 0 Å². The van der Waals surface area contributed by atoms with E-state index in [9.17, 15) is 5.11 Å². The van der Waals surface area contributed by atoms with Gasteiger partial charge in [0.1, 0.15) is 12.4 Å². The summed E-state index contributed by atoms with van der Waals surface area (Å²) in [6.45, 7) is 2.37. The van der Waals surface area contributed by atoms with Crippen LogP contribution in [0.25, 0.3) is 0 Å². The van der Waals surface area contributed by atoms with Crippen LogP contribution in [0.4, 0.5) is 0 Å². The molecule has 0 saturated carbocycles. The van der Waals surface area contributed by atoms with Gasteiger partial charge in [-0.05, 0) is 24.6 Å². The van der Waals surface area contributed by atoms with E-state index in [4.69, 9.17) is 4.74 Å². The average molecular weight is 229 g/mol. The van der Waals surface area contributed by atoms with Crippen molar-refractivity contribution in [1.82, 2.24) is 4.98 Å². The molecule has 0 aliphatic rings. The van der Waals surface area contributed by atoms with Gasteiger partial charge < -0.3 is 9.84 Å². The highest BCUT2D eigenvalue weighted by Gasteiger charge is 2.06. The van der Waals surface area contributed by atoms with E-state index >= 15 is 0 Å². The van der Waals surface area contributed by atoms with Gasteiger partial charge in [0, 0.05) is 11.8 Å². The Morgan fingerprint density at radius 1 is 1.18 bits per heavy atom. The maximum Gasteiger partial charge on any atom is 0.130 e. The summed E-state index contributed by atoms with van der Waals surface area (Å²) in [6, 6.07) is 11.5. The highest BCUT2D eigenvalue weighted by Crippen LogP contribution is 2.24. The number of nitrogens with zero attached hydrogens (tertiary/aromatic N) is 1. The topological polar surface area (TPSA) is 42.4 Å². The van der Waals surface area contributed by atoms with Gasteiger partial charge in [-0.25, -0.2) is 0 Å². The van der Waals surface area contributed by atoms with Crippen LogP contribution in [0.3, 0.4) is 0 Å². The van der Waals surface area contributed by atoms with Crippen LogP contribution in [0.1, 0.15) is 16.8 Å². The van der Waals surface area contributed by atoms with E-state index in [2.05, 4.69) is 4.98 Å². The summed E-state index contributed by atoms with van der Waals surface area (Å²) in [7, 11) is 0. The van der Waals surface area contributed by atoms with Crippen molar-refractivity contribution in [2.45, 2.75) is 20.1 Å². The zero-order chi connectivity index (χ0) is 12.1. The van der Waals surface area contributed by atoms with Gasteiger partial charge in [0.2, 0.25) is 0 Å². The lowest BCUT2D eigenvalue weighted by Gasteiger charge is -2.12. The molecule has 2 rings (SSSR count). The van der Waals surface area contributed by atoms with Crippen LogP contribution in [0, 0.1) is 6.92 Å². The monoisotopic (exact) mass is 229 g/mol. The van der Waals surface area contributed by atoms with Crippen molar-refractivity contribution in [1.29, 1.82) is 0 Å². The second-order valence-corrected chi connectivity index (χ2v) is 3.83. The predicted molar refractivity (Wildman–Crippen MR) is 65.7 cm³/mol. The molecule has 0 radical (unpaired) electrons. The summed E-state index contributed by atoms with van der Waals surface area (Å²) in [5.74, 6) is 0.751. The summed E-state index contributed by atoms with van der Waals surface area (Å²) in [4.78, 5) is 4.19. The van der Waals surface area contributed by atoms with Gasteiger partial charge in [0.15, 0.2) is 0 Å². The van der Waals surface area contributed by atoms with Gasteiger partial charge in [0.25, 0.3) is 0 Å². The van der Waals surface area contributed by atoms with E-state index in [1.165, 1.54) is 0 Å². The van der Waals surface area contributed by atoms with E-state index < -0.39 is 0 Å². The van der Waals surface area contributed by atoms with Crippen molar-refractivity contribution in [2.24, 2.45) is 0 Å². The Balaban J connectivity index is 2.14. The molecule has 0 atom stereocenters. The number of para-hydroxylation sites is 1. The predicted octanol–water partition coefficient (Wildman–Crippen LogP) is 2.46. The molecule has 0 unspecified atom stereocenters. The molecule has 0 spiro atoms. The standard InChI is InChI=1S/C14H15NO2/c1-11-5-4-6-12(9-16)14(11)17-10-13-7-2-3-8-15-13/h2-8,16H,9-10H2,1H3. The molecule has 88 valence electrons. The summed E-state index contributed by atoms with van der Waals surface area (Å²) < 4.78 is 5.72. The van der Waals surface area contributed by atoms with Gasteiger partial charge >= 0.3 is 0 Å². The molecule has 17 heavy (non-hydrogen) atoms. The zero-order valence-corrected chi connectivity index (χ0v) is 9.76. The Hall–Kier alpha value is -1.87. The molecule has 1 N–H and O–H groups in total. The maximum atomic E-state index is 9.24.